The Kier molecular flexibility index (Phi) is 5.99. The maximum Gasteiger partial charge on any atom is 0.262 e. The van der Waals surface area contributed by atoms with Crippen LogP contribution in [-0.2, 0) is 11.2 Å². The zero-order valence-electron chi connectivity index (χ0n) is 17.8. The van der Waals surface area contributed by atoms with E-state index in [1.807, 2.05) is 28.9 Å². The molecule has 2 aliphatic rings. The van der Waals surface area contributed by atoms with Crippen LogP contribution in [0.25, 0.3) is 11.0 Å². The zero-order valence-corrected chi connectivity index (χ0v) is 17.8. The van der Waals surface area contributed by atoms with Crippen LogP contribution in [0.3, 0.4) is 0 Å². The summed E-state index contributed by atoms with van der Waals surface area (Å²) in [6, 6.07) is 8.32. The summed E-state index contributed by atoms with van der Waals surface area (Å²) in [4.78, 5) is 22.7. The summed E-state index contributed by atoms with van der Waals surface area (Å²) in [5.74, 6) is 1.48. The Morgan fingerprint density at radius 1 is 1.16 bits per heavy atom. The number of ether oxygens (including phenoxy) is 2. The predicted octanol–water partition coefficient (Wildman–Crippen LogP) is 2.54. The number of H-pyrrole nitrogens is 1. The lowest BCUT2D eigenvalue weighted by Gasteiger charge is -2.26. The lowest BCUT2D eigenvalue weighted by Crippen LogP contribution is -2.38. The standard InChI is InChI=1S/C23H29N5O3/c29-23-19-16-24-28(18-6-2-3-7-18)22(19)25-21(26-23)15-17-5-1-4-8-20(17)31-14-11-27-9-12-30-13-10-27/h1,4-5,8,16,18H,2-3,6-7,9-15H2,(H,25,26,29). The molecule has 1 aliphatic heterocycles. The SMILES string of the molecule is O=c1[nH]c(Cc2ccccc2OCCN2CCOCC2)nc2c1cnn2C1CCCC1. The van der Waals surface area contributed by atoms with E-state index < -0.39 is 0 Å². The second kappa shape index (κ2) is 9.20. The van der Waals surface area contributed by atoms with Gasteiger partial charge in [0.25, 0.3) is 5.56 Å². The third-order valence-corrected chi connectivity index (χ3v) is 6.28. The molecule has 3 heterocycles. The number of hydrogen-bond acceptors (Lipinski definition) is 6. The maximum atomic E-state index is 12.7. The monoisotopic (exact) mass is 423 g/mol. The average molecular weight is 424 g/mol. The molecule has 164 valence electrons. The summed E-state index contributed by atoms with van der Waals surface area (Å²) in [7, 11) is 0. The highest BCUT2D eigenvalue weighted by Crippen LogP contribution is 2.30. The van der Waals surface area contributed by atoms with E-state index in [-0.39, 0.29) is 5.56 Å². The molecule has 2 fully saturated rings. The highest BCUT2D eigenvalue weighted by molar-refractivity contribution is 5.73. The fourth-order valence-electron chi connectivity index (χ4n) is 4.56. The Bertz CT molecular complexity index is 1080. The van der Waals surface area contributed by atoms with E-state index in [2.05, 4.69) is 15.0 Å². The summed E-state index contributed by atoms with van der Waals surface area (Å²) in [5.41, 5.74) is 1.57. The summed E-state index contributed by atoms with van der Waals surface area (Å²) in [6.45, 7) is 4.97. The molecule has 0 spiro atoms. The topological polar surface area (TPSA) is 85.3 Å². The lowest BCUT2D eigenvalue weighted by molar-refractivity contribution is 0.0322. The van der Waals surface area contributed by atoms with E-state index in [1.165, 1.54) is 12.8 Å². The molecular weight excluding hydrogens is 394 g/mol. The molecule has 1 N–H and O–H groups in total. The highest BCUT2D eigenvalue weighted by Gasteiger charge is 2.21. The first kappa shape index (κ1) is 20.2. The van der Waals surface area contributed by atoms with Gasteiger partial charge in [0.2, 0.25) is 0 Å². The number of fused-ring (bicyclic) bond motifs is 1. The number of nitrogens with zero attached hydrogens (tertiary/aromatic N) is 4. The van der Waals surface area contributed by atoms with Gasteiger partial charge in [-0.2, -0.15) is 5.10 Å². The van der Waals surface area contributed by atoms with Gasteiger partial charge in [0, 0.05) is 31.6 Å². The van der Waals surface area contributed by atoms with Gasteiger partial charge in [-0.25, -0.2) is 9.67 Å². The number of nitrogens with one attached hydrogen (secondary N) is 1. The molecule has 1 aromatic carbocycles. The molecule has 0 unspecified atom stereocenters. The van der Waals surface area contributed by atoms with Crippen LogP contribution < -0.4 is 10.3 Å². The van der Waals surface area contributed by atoms with Crippen molar-refractivity contribution in [3.8, 4) is 5.75 Å². The quantitative estimate of drug-likeness (QED) is 0.629. The van der Waals surface area contributed by atoms with E-state index >= 15 is 0 Å². The molecule has 0 atom stereocenters. The summed E-state index contributed by atoms with van der Waals surface area (Å²) >= 11 is 0. The molecular formula is C23H29N5O3. The lowest BCUT2D eigenvalue weighted by atomic mass is 10.1. The predicted molar refractivity (Wildman–Crippen MR) is 118 cm³/mol. The Morgan fingerprint density at radius 3 is 2.81 bits per heavy atom. The number of benzene rings is 1. The number of morpholine rings is 1. The maximum absolute atomic E-state index is 12.7. The van der Waals surface area contributed by atoms with Gasteiger partial charge in [-0.3, -0.25) is 9.69 Å². The van der Waals surface area contributed by atoms with Gasteiger partial charge in [0.1, 0.15) is 23.6 Å². The molecule has 2 aromatic heterocycles. The molecule has 0 bridgehead atoms. The molecule has 1 saturated carbocycles. The van der Waals surface area contributed by atoms with Crippen LogP contribution >= 0.6 is 0 Å². The second-order valence-corrected chi connectivity index (χ2v) is 8.36. The van der Waals surface area contributed by atoms with E-state index in [0.29, 0.717) is 35.9 Å². The zero-order chi connectivity index (χ0) is 21.0. The summed E-state index contributed by atoms with van der Waals surface area (Å²) in [5, 5.41) is 5.05. The second-order valence-electron chi connectivity index (χ2n) is 8.36. The fourth-order valence-corrected chi connectivity index (χ4v) is 4.56. The van der Waals surface area contributed by atoms with E-state index in [9.17, 15) is 4.79 Å². The number of aromatic nitrogens is 4. The van der Waals surface area contributed by atoms with Crippen molar-refractivity contribution >= 4 is 11.0 Å². The minimum Gasteiger partial charge on any atom is -0.492 e. The van der Waals surface area contributed by atoms with Crippen molar-refractivity contribution < 1.29 is 9.47 Å². The van der Waals surface area contributed by atoms with Crippen molar-refractivity contribution in [2.45, 2.75) is 38.1 Å². The van der Waals surface area contributed by atoms with Gasteiger partial charge < -0.3 is 14.5 Å². The molecule has 5 rings (SSSR count). The van der Waals surface area contributed by atoms with Gasteiger partial charge >= 0.3 is 0 Å². The third kappa shape index (κ3) is 4.50. The van der Waals surface area contributed by atoms with E-state index in [1.54, 1.807) is 6.20 Å². The van der Waals surface area contributed by atoms with Crippen molar-refractivity contribution in [2.75, 3.05) is 39.5 Å². The first-order chi connectivity index (χ1) is 15.3. The van der Waals surface area contributed by atoms with Crippen molar-refractivity contribution in [2.24, 2.45) is 0 Å². The number of rotatable bonds is 7. The first-order valence-corrected chi connectivity index (χ1v) is 11.2. The molecule has 8 nitrogen and oxygen atoms in total. The van der Waals surface area contributed by atoms with Gasteiger partial charge in [0.05, 0.1) is 25.5 Å². The molecule has 1 aliphatic carbocycles. The Balaban J connectivity index is 1.33. The Labute approximate surface area is 181 Å². The molecule has 1 saturated heterocycles. The van der Waals surface area contributed by atoms with Crippen molar-refractivity contribution in [3.63, 3.8) is 0 Å². The number of hydrogen-bond donors (Lipinski definition) is 1. The van der Waals surface area contributed by atoms with Crippen LogP contribution in [-0.4, -0.2) is 64.1 Å². The molecule has 31 heavy (non-hydrogen) atoms. The number of para-hydroxylation sites is 1. The first-order valence-electron chi connectivity index (χ1n) is 11.2. The molecule has 0 radical (unpaired) electrons. The molecule has 3 aromatic rings. The largest absolute Gasteiger partial charge is 0.492 e. The molecule has 0 amide bonds. The van der Waals surface area contributed by atoms with Gasteiger partial charge in [-0.15, -0.1) is 0 Å². The van der Waals surface area contributed by atoms with Crippen LogP contribution in [0.5, 0.6) is 5.75 Å². The van der Waals surface area contributed by atoms with Crippen LogP contribution in [0.2, 0.25) is 0 Å². The van der Waals surface area contributed by atoms with Crippen molar-refractivity contribution in [1.29, 1.82) is 0 Å². The minimum absolute atomic E-state index is 0.130. The van der Waals surface area contributed by atoms with E-state index in [0.717, 1.165) is 57.0 Å². The van der Waals surface area contributed by atoms with Crippen molar-refractivity contribution in [1.82, 2.24) is 24.6 Å². The van der Waals surface area contributed by atoms with Crippen LogP contribution in [0.4, 0.5) is 0 Å². The minimum atomic E-state index is -0.130. The smallest absolute Gasteiger partial charge is 0.262 e. The summed E-state index contributed by atoms with van der Waals surface area (Å²) < 4.78 is 13.5. The fraction of sp³-hybridized carbons (Fsp3) is 0.522. The Morgan fingerprint density at radius 2 is 1.97 bits per heavy atom. The Hall–Kier alpha value is -2.71. The van der Waals surface area contributed by atoms with Gasteiger partial charge in [-0.1, -0.05) is 31.0 Å². The number of aromatic amines is 1. The van der Waals surface area contributed by atoms with Crippen LogP contribution in [0.1, 0.15) is 43.1 Å². The van der Waals surface area contributed by atoms with Gasteiger partial charge in [-0.05, 0) is 18.9 Å². The van der Waals surface area contributed by atoms with Crippen LogP contribution in [0, 0.1) is 0 Å². The highest BCUT2D eigenvalue weighted by atomic mass is 16.5. The van der Waals surface area contributed by atoms with Crippen LogP contribution in [0.15, 0.2) is 35.3 Å². The normalized spacial score (nSPS) is 18.1. The average Bonchev–Trinajstić information content (AvgIpc) is 3.46. The van der Waals surface area contributed by atoms with E-state index in [4.69, 9.17) is 14.5 Å². The van der Waals surface area contributed by atoms with Gasteiger partial charge in [0.15, 0.2) is 5.65 Å². The van der Waals surface area contributed by atoms with Crippen molar-refractivity contribution in [3.05, 3.63) is 52.2 Å². The summed E-state index contributed by atoms with van der Waals surface area (Å²) in [6.07, 6.45) is 6.76. The third-order valence-electron chi connectivity index (χ3n) is 6.28. The molecule has 8 heteroatoms.